The smallest absolute Gasteiger partial charge is 0.180 e. The van der Waals surface area contributed by atoms with Crippen LogP contribution in [0.1, 0.15) is 5.56 Å². The van der Waals surface area contributed by atoms with Gasteiger partial charge in [0.15, 0.2) is 5.65 Å². The quantitative estimate of drug-likeness (QED) is 0.668. The third kappa shape index (κ3) is 2.15. The van der Waals surface area contributed by atoms with Crippen molar-refractivity contribution >= 4 is 17.0 Å². The first kappa shape index (κ1) is 11.7. The van der Waals surface area contributed by atoms with Crippen LogP contribution in [0.3, 0.4) is 0 Å². The first-order valence-electron chi connectivity index (χ1n) is 6.14. The van der Waals surface area contributed by atoms with Crippen molar-refractivity contribution in [2.24, 2.45) is 5.73 Å². The van der Waals surface area contributed by atoms with Gasteiger partial charge in [-0.05, 0) is 17.7 Å². The standard InChI is InChI=1S/C14H15N5/c1-16-12-7-6-11-14(18-12)19-13(17-11)10-4-2-9(8-15)3-5-10/h2-7H,8,15H2,1H3,(H2,16,17,18,19). The van der Waals surface area contributed by atoms with Crippen molar-refractivity contribution in [1.82, 2.24) is 15.0 Å². The number of hydrogen-bond donors (Lipinski definition) is 3. The molecule has 1 aromatic carbocycles. The van der Waals surface area contributed by atoms with Crippen LogP contribution in [0, 0.1) is 0 Å². The summed E-state index contributed by atoms with van der Waals surface area (Å²) in [5.41, 5.74) is 9.37. The number of nitrogens with zero attached hydrogens (tertiary/aromatic N) is 2. The van der Waals surface area contributed by atoms with Gasteiger partial charge < -0.3 is 16.0 Å². The number of anilines is 1. The highest BCUT2D eigenvalue weighted by Gasteiger charge is 2.06. The van der Waals surface area contributed by atoms with E-state index in [4.69, 9.17) is 5.73 Å². The van der Waals surface area contributed by atoms with Gasteiger partial charge in [0, 0.05) is 19.2 Å². The van der Waals surface area contributed by atoms with E-state index < -0.39 is 0 Å². The molecule has 0 radical (unpaired) electrons. The summed E-state index contributed by atoms with van der Waals surface area (Å²) in [6.07, 6.45) is 0. The molecule has 3 rings (SSSR count). The number of nitrogens with one attached hydrogen (secondary N) is 2. The number of benzene rings is 1. The maximum Gasteiger partial charge on any atom is 0.180 e. The Hall–Kier alpha value is -2.40. The first-order valence-corrected chi connectivity index (χ1v) is 6.14. The number of fused-ring (bicyclic) bond motifs is 1. The number of H-pyrrole nitrogens is 1. The van der Waals surface area contributed by atoms with Crippen molar-refractivity contribution in [3.63, 3.8) is 0 Å². The van der Waals surface area contributed by atoms with Gasteiger partial charge in [-0.15, -0.1) is 0 Å². The zero-order valence-corrected chi connectivity index (χ0v) is 10.6. The zero-order valence-electron chi connectivity index (χ0n) is 10.6. The fourth-order valence-electron chi connectivity index (χ4n) is 1.97. The van der Waals surface area contributed by atoms with Crippen LogP contribution in [0.2, 0.25) is 0 Å². The van der Waals surface area contributed by atoms with Crippen LogP contribution < -0.4 is 11.1 Å². The first-order chi connectivity index (χ1) is 9.30. The molecule has 0 fully saturated rings. The van der Waals surface area contributed by atoms with E-state index in [9.17, 15) is 0 Å². The van der Waals surface area contributed by atoms with Crippen LogP contribution in [0.4, 0.5) is 5.82 Å². The zero-order chi connectivity index (χ0) is 13.2. The molecule has 96 valence electrons. The minimum atomic E-state index is 0.549. The summed E-state index contributed by atoms with van der Waals surface area (Å²) in [5, 5.41) is 3.00. The van der Waals surface area contributed by atoms with Gasteiger partial charge in [-0.3, -0.25) is 0 Å². The molecule has 0 saturated carbocycles. The topological polar surface area (TPSA) is 79.6 Å². The maximum absolute atomic E-state index is 5.59. The van der Waals surface area contributed by atoms with E-state index in [1.54, 1.807) is 0 Å². The van der Waals surface area contributed by atoms with Crippen LogP contribution in [-0.2, 0) is 6.54 Å². The van der Waals surface area contributed by atoms with Gasteiger partial charge in [-0.2, -0.15) is 0 Å². The highest BCUT2D eigenvalue weighted by Crippen LogP contribution is 2.20. The maximum atomic E-state index is 5.59. The number of pyridine rings is 1. The molecule has 0 spiro atoms. The molecule has 0 aliphatic rings. The van der Waals surface area contributed by atoms with Crippen molar-refractivity contribution in [3.05, 3.63) is 42.0 Å². The Labute approximate surface area is 110 Å². The SMILES string of the molecule is CNc1ccc2[nH]c(-c3ccc(CN)cc3)nc2n1. The molecule has 3 aromatic rings. The molecule has 19 heavy (non-hydrogen) atoms. The Morgan fingerprint density at radius 1 is 1.11 bits per heavy atom. The summed E-state index contributed by atoms with van der Waals surface area (Å²) in [7, 11) is 1.84. The van der Waals surface area contributed by atoms with E-state index in [2.05, 4.69) is 20.3 Å². The second kappa shape index (κ2) is 4.70. The van der Waals surface area contributed by atoms with Gasteiger partial charge in [0.1, 0.15) is 11.6 Å². The van der Waals surface area contributed by atoms with E-state index in [1.807, 2.05) is 43.4 Å². The van der Waals surface area contributed by atoms with E-state index in [1.165, 1.54) is 0 Å². The van der Waals surface area contributed by atoms with Crippen LogP contribution in [-0.4, -0.2) is 22.0 Å². The molecule has 0 amide bonds. The highest BCUT2D eigenvalue weighted by atomic mass is 15.0. The number of hydrogen-bond acceptors (Lipinski definition) is 4. The van der Waals surface area contributed by atoms with E-state index in [0.29, 0.717) is 12.2 Å². The Bertz CT molecular complexity index is 699. The van der Waals surface area contributed by atoms with E-state index >= 15 is 0 Å². The lowest BCUT2D eigenvalue weighted by Crippen LogP contribution is -1.95. The molecule has 0 bridgehead atoms. The average molecular weight is 253 g/mol. The second-order valence-corrected chi connectivity index (χ2v) is 4.30. The second-order valence-electron chi connectivity index (χ2n) is 4.30. The Morgan fingerprint density at radius 3 is 2.58 bits per heavy atom. The van der Waals surface area contributed by atoms with Gasteiger partial charge in [0.2, 0.25) is 0 Å². The fourth-order valence-corrected chi connectivity index (χ4v) is 1.97. The summed E-state index contributed by atoms with van der Waals surface area (Å²) in [5.74, 6) is 1.63. The normalized spacial score (nSPS) is 10.8. The Morgan fingerprint density at radius 2 is 1.89 bits per heavy atom. The third-order valence-electron chi connectivity index (χ3n) is 3.07. The molecule has 4 N–H and O–H groups in total. The number of nitrogens with two attached hydrogens (primary N) is 1. The van der Waals surface area contributed by atoms with Crippen molar-refractivity contribution < 1.29 is 0 Å². The van der Waals surface area contributed by atoms with Gasteiger partial charge >= 0.3 is 0 Å². The molecule has 2 aromatic heterocycles. The average Bonchev–Trinajstić information content (AvgIpc) is 2.90. The van der Waals surface area contributed by atoms with Gasteiger partial charge in [-0.1, -0.05) is 24.3 Å². The molecule has 2 heterocycles. The molecule has 0 saturated heterocycles. The molecule has 5 heteroatoms. The largest absolute Gasteiger partial charge is 0.373 e. The van der Waals surface area contributed by atoms with Crippen molar-refractivity contribution in [2.45, 2.75) is 6.54 Å². The number of aromatic amines is 1. The lowest BCUT2D eigenvalue weighted by atomic mass is 10.1. The highest BCUT2D eigenvalue weighted by molar-refractivity contribution is 5.77. The number of imidazole rings is 1. The number of rotatable bonds is 3. The molecular weight excluding hydrogens is 238 g/mol. The summed E-state index contributed by atoms with van der Waals surface area (Å²) in [6.45, 7) is 0.549. The lowest BCUT2D eigenvalue weighted by Gasteiger charge is -1.98. The fraction of sp³-hybridized carbons (Fsp3) is 0.143. The van der Waals surface area contributed by atoms with Gasteiger partial charge in [0.25, 0.3) is 0 Å². The molecule has 0 aliphatic heterocycles. The minimum absolute atomic E-state index is 0.549. The predicted octanol–water partition coefficient (Wildman–Crippen LogP) is 2.13. The monoisotopic (exact) mass is 253 g/mol. The summed E-state index contributed by atoms with van der Waals surface area (Å²) < 4.78 is 0. The van der Waals surface area contributed by atoms with Crippen LogP contribution in [0.15, 0.2) is 36.4 Å². The van der Waals surface area contributed by atoms with Crippen molar-refractivity contribution in [3.8, 4) is 11.4 Å². The lowest BCUT2D eigenvalue weighted by molar-refractivity contribution is 1.07. The predicted molar refractivity (Wildman–Crippen MR) is 76.8 cm³/mol. The number of aromatic nitrogens is 3. The summed E-state index contributed by atoms with van der Waals surface area (Å²) in [4.78, 5) is 12.2. The van der Waals surface area contributed by atoms with Crippen molar-refractivity contribution in [2.75, 3.05) is 12.4 Å². The van der Waals surface area contributed by atoms with E-state index in [-0.39, 0.29) is 0 Å². The van der Waals surface area contributed by atoms with Gasteiger partial charge in [-0.25, -0.2) is 9.97 Å². The van der Waals surface area contributed by atoms with Crippen molar-refractivity contribution in [1.29, 1.82) is 0 Å². The molecule has 0 unspecified atom stereocenters. The minimum Gasteiger partial charge on any atom is -0.373 e. The Kier molecular flexibility index (Phi) is 2.89. The summed E-state index contributed by atoms with van der Waals surface area (Å²) in [6, 6.07) is 11.9. The third-order valence-corrected chi connectivity index (χ3v) is 3.07. The van der Waals surface area contributed by atoms with Crippen LogP contribution >= 0.6 is 0 Å². The summed E-state index contributed by atoms with van der Waals surface area (Å²) >= 11 is 0. The van der Waals surface area contributed by atoms with E-state index in [0.717, 1.165) is 28.3 Å². The Balaban J connectivity index is 2.04. The molecule has 0 atom stereocenters. The molecule has 0 aliphatic carbocycles. The van der Waals surface area contributed by atoms with Gasteiger partial charge in [0.05, 0.1) is 5.52 Å². The molecule has 5 nitrogen and oxygen atoms in total. The van der Waals surface area contributed by atoms with Crippen LogP contribution in [0.5, 0.6) is 0 Å². The molecular formula is C14H15N5. The van der Waals surface area contributed by atoms with Crippen LogP contribution in [0.25, 0.3) is 22.6 Å².